The monoisotopic (exact) mass is 278 g/mol. The van der Waals surface area contributed by atoms with Gasteiger partial charge in [0.1, 0.15) is 0 Å². The standard InChI is InChI=1S/C16H26N2O2/c1-11(2)20-10-12-6-8-13(9-7-12)18-15(19)14(17)16(3,4)5/h6-9,11,14H,10,17H2,1-5H3,(H,18,19)/t14-/m1/s1. The normalized spacial score (nSPS) is 13.3. The first kappa shape index (κ1) is 16.7. The number of benzene rings is 1. The first-order valence-corrected chi connectivity index (χ1v) is 6.97. The van der Waals surface area contributed by atoms with Crippen LogP contribution in [0.1, 0.15) is 40.2 Å². The van der Waals surface area contributed by atoms with Crippen molar-refractivity contribution in [2.75, 3.05) is 5.32 Å². The third-order valence-electron chi connectivity index (χ3n) is 3.02. The van der Waals surface area contributed by atoms with Crippen molar-refractivity contribution in [1.82, 2.24) is 0 Å². The van der Waals surface area contributed by atoms with E-state index in [9.17, 15) is 4.79 Å². The van der Waals surface area contributed by atoms with Crippen molar-refractivity contribution in [3.05, 3.63) is 29.8 Å². The van der Waals surface area contributed by atoms with E-state index in [1.54, 1.807) is 0 Å². The molecule has 3 N–H and O–H groups in total. The van der Waals surface area contributed by atoms with Gasteiger partial charge in [-0.25, -0.2) is 0 Å². The molecular formula is C16H26N2O2. The summed E-state index contributed by atoms with van der Waals surface area (Å²) in [5, 5.41) is 2.84. The van der Waals surface area contributed by atoms with Gasteiger partial charge in [0.15, 0.2) is 0 Å². The molecule has 0 aliphatic heterocycles. The van der Waals surface area contributed by atoms with Gasteiger partial charge in [-0.1, -0.05) is 32.9 Å². The molecule has 1 atom stereocenters. The quantitative estimate of drug-likeness (QED) is 0.870. The van der Waals surface area contributed by atoms with E-state index in [1.165, 1.54) is 0 Å². The summed E-state index contributed by atoms with van der Waals surface area (Å²) in [7, 11) is 0. The topological polar surface area (TPSA) is 64.3 Å². The molecule has 20 heavy (non-hydrogen) atoms. The number of carbonyl (C=O) groups excluding carboxylic acids is 1. The van der Waals surface area contributed by atoms with Crippen LogP contribution >= 0.6 is 0 Å². The van der Waals surface area contributed by atoms with E-state index >= 15 is 0 Å². The van der Waals surface area contributed by atoms with E-state index < -0.39 is 6.04 Å². The number of carbonyl (C=O) groups is 1. The van der Waals surface area contributed by atoms with Gasteiger partial charge in [-0.15, -0.1) is 0 Å². The van der Waals surface area contributed by atoms with Crippen LogP contribution in [0, 0.1) is 5.41 Å². The van der Waals surface area contributed by atoms with Crippen molar-refractivity contribution in [3.8, 4) is 0 Å². The molecule has 4 nitrogen and oxygen atoms in total. The Kier molecular flexibility index (Phi) is 5.72. The van der Waals surface area contributed by atoms with Crippen molar-refractivity contribution in [2.45, 2.75) is 53.4 Å². The summed E-state index contributed by atoms with van der Waals surface area (Å²) < 4.78 is 5.52. The number of amides is 1. The average molecular weight is 278 g/mol. The van der Waals surface area contributed by atoms with Gasteiger partial charge in [0.05, 0.1) is 18.8 Å². The maximum absolute atomic E-state index is 12.0. The van der Waals surface area contributed by atoms with Crippen LogP contribution in [0.2, 0.25) is 0 Å². The Bertz CT molecular complexity index is 433. The number of anilines is 1. The summed E-state index contributed by atoms with van der Waals surface area (Å²) in [6, 6.07) is 7.09. The molecule has 1 rings (SSSR count). The molecule has 0 fully saturated rings. The minimum absolute atomic E-state index is 0.163. The first-order chi connectivity index (χ1) is 9.20. The van der Waals surface area contributed by atoms with Crippen LogP contribution in [-0.2, 0) is 16.1 Å². The lowest BCUT2D eigenvalue weighted by atomic mass is 9.87. The molecule has 0 saturated carbocycles. The highest BCUT2D eigenvalue weighted by Crippen LogP contribution is 2.19. The van der Waals surface area contributed by atoms with Gasteiger partial charge in [0.25, 0.3) is 0 Å². The summed E-state index contributed by atoms with van der Waals surface area (Å²) in [5.41, 5.74) is 7.50. The molecule has 0 unspecified atom stereocenters. The number of rotatable bonds is 5. The number of ether oxygens (including phenoxy) is 1. The van der Waals surface area contributed by atoms with Crippen molar-refractivity contribution in [1.29, 1.82) is 0 Å². The third-order valence-corrected chi connectivity index (χ3v) is 3.02. The second kappa shape index (κ2) is 6.86. The van der Waals surface area contributed by atoms with Crippen LogP contribution < -0.4 is 11.1 Å². The van der Waals surface area contributed by atoms with Gasteiger partial charge < -0.3 is 15.8 Å². The Balaban J connectivity index is 2.59. The van der Waals surface area contributed by atoms with Gasteiger partial charge in [0, 0.05) is 5.69 Å². The van der Waals surface area contributed by atoms with E-state index in [0.29, 0.717) is 6.61 Å². The highest BCUT2D eigenvalue weighted by molar-refractivity contribution is 5.95. The van der Waals surface area contributed by atoms with Crippen molar-refractivity contribution in [3.63, 3.8) is 0 Å². The Morgan fingerprint density at radius 3 is 2.25 bits per heavy atom. The molecule has 0 bridgehead atoms. The summed E-state index contributed by atoms with van der Waals surface area (Å²) in [6.07, 6.45) is 0.208. The maximum atomic E-state index is 12.0. The molecule has 0 radical (unpaired) electrons. The van der Waals surface area contributed by atoms with Crippen LogP contribution in [0.5, 0.6) is 0 Å². The Morgan fingerprint density at radius 1 is 1.25 bits per heavy atom. The largest absolute Gasteiger partial charge is 0.374 e. The van der Waals surface area contributed by atoms with E-state index in [4.69, 9.17) is 10.5 Å². The molecule has 1 aromatic rings. The zero-order valence-electron chi connectivity index (χ0n) is 13.1. The van der Waals surface area contributed by atoms with Crippen molar-refractivity contribution < 1.29 is 9.53 Å². The molecule has 0 saturated heterocycles. The molecule has 1 aromatic carbocycles. The zero-order chi connectivity index (χ0) is 15.3. The number of hydrogen-bond donors (Lipinski definition) is 2. The van der Waals surface area contributed by atoms with Crippen molar-refractivity contribution in [2.24, 2.45) is 11.1 Å². The van der Waals surface area contributed by atoms with Crippen molar-refractivity contribution >= 4 is 11.6 Å². The van der Waals surface area contributed by atoms with Gasteiger partial charge in [-0.3, -0.25) is 4.79 Å². The molecule has 0 heterocycles. The van der Waals surface area contributed by atoms with Gasteiger partial charge in [-0.05, 0) is 37.0 Å². The van der Waals surface area contributed by atoms with Gasteiger partial charge in [0.2, 0.25) is 5.91 Å². The predicted octanol–water partition coefficient (Wildman–Crippen LogP) is 2.92. The van der Waals surface area contributed by atoms with Crippen LogP contribution in [0.4, 0.5) is 5.69 Å². The lowest BCUT2D eigenvalue weighted by Gasteiger charge is -2.25. The molecule has 112 valence electrons. The van der Waals surface area contributed by atoms with E-state index in [2.05, 4.69) is 5.32 Å². The Hall–Kier alpha value is -1.39. The maximum Gasteiger partial charge on any atom is 0.241 e. The predicted molar refractivity (Wildman–Crippen MR) is 82.4 cm³/mol. The molecule has 1 amide bonds. The summed E-state index contributed by atoms with van der Waals surface area (Å²) in [6.45, 7) is 10.4. The SMILES string of the molecule is CC(C)OCc1ccc(NC(=O)[C@@H](N)C(C)(C)C)cc1. The highest BCUT2D eigenvalue weighted by atomic mass is 16.5. The van der Waals surface area contributed by atoms with E-state index in [-0.39, 0.29) is 17.4 Å². The second-order valence-electron chi connectivity index (χ2n) is 6.39. The van der Waals surface area contributed by atoms with E-state index in [0.717, 1.165) is 11.3 Å². The molecule has 0 aliphatic carbocycles. The molecule has 0 spiro atoms. The Morgan fingerprint density at radius 2 is 1.80 bits per heavy atom. The fourth-order valence-electron chi connectivity index (χ4n) is 1.56. The highest BCUT2D eigenvalue weighted by Gasteiger charge is 2.27. The average Bonchev–Trinajstić information content (AvgIpc) is 2.35. The van der Waals surface area contributed by atoms with Crippen LogP contribution in [-0.4, -0.2) is 18.1 Å². The second-order valence-corrected chi connectivity index (χ2v) is 6.39. The van der Waals surface area contributed by atoms with E-state index in [1.807, 2.05) is 58.9 Å². The third kappa shape index (κ3) is 5.31. The lowest BCUT2D eigenvalue weighted by Crippen LogP contribution is -2.45. The summed E-state index contributed by atoms with van der Waals surface area (Å²) in [4.78, 5) is 12.0. The minimum atomic E-state index is -0.536. The smallest absolute Gasteiger partial charge is 0.241 e. The fourth-order valence-corrected chi connectivity index (χ4v) is 1.56. The lowest BCUT2D eigenvalue weighted by molar-refractivity contribution is -0.119. The van der Waals surface area contributed by atoms with Crippen LogP contribution in [0.3, 0.4) is 0 Å². The zero-order valence-corrected chi connectivity index (χ0v) is 13.1. The van der Waals surface area contributed by atoms with Gasteiger partial charge >= 0.3 is 0 Å². The molecular weight excluding hydrogens is 252 g/mol. The number of nitrogens with two attached hydrogens (primary N) is 1. The number of nitrogens with one attached hydrogen (secondary N) is 1. The van der Waals surface area contributed by atoms with Gasteiger partial charge in [-0.2, -0.15) is 0 Å². The first-order valence-electron chi connectivity index (χ1n) is 6.97. The summed E-state index contributed by atoms with van der Waals surface area (Å²) in [5.74, 6) is -0.163. The summed E-state index contributed by atoms with van der Waals surface area (Å²) >= 11 is 0. The Labute approximate surface area is 121 Å². The fraction of sp³-hybridized carbons (Fsp3) is 0.562. The van der Waals surface area contributed by atoms with Crippen LogP contribution in [0.25, 0.3) is 0 Å². The number of hydrogen-bond acceptors (Lipinski definition) is 3. The molecule has 0 aromatic heterocycles. The molecule has 4 heteroatoms. The molecule has 0 aliphatic rings. The minimum Gasteiger partial charge on any atom is -0.374 e. The van der Waals surface area contributed by atoms with Crippen LogP contribution in [0.15, 0.2) is 24.3 Å².